The first kappa shape index (κ1) is 33.8. The van der Waals surface area contributed by atoms with Crippen LogP contribution in [0.3, 0.4) is 0 Å². The SMILES string of the molecule is CCN(CCN(C)C)C(=O)c1ccc(N2CCNCC2)c(NS(=O)(=O)c2cc(C)ccc2C)c1.O=C(O)C(F)(F)F. The molecule has 2 aromatic rings. The number of halogens is 3. The van der Waals surface area contributed by atoms with Crippen molar-refractivity contribution >= 4 is 33.3 Å². The van der Waals surface area contributed by atoms with Crippen LogP contribution in [0.4, 0.5) is 24.5 Å². The van der Waals surface area contributed by atoms with E-state index in [0.29, 0.717) is 29.9 Å². The number of rotatable bonds is 9. The molecule has 1 aliphatic heterocycles. The minimum Gasteiger partial charge on any atom is -0.475 e. The quantitative estimate of drug-likeness (QED) is 0.401. The molecule has 228 valence electrons. The Kier molecular flexibility index (Phi) is 12.0. The van der Waals surface area contributed by atoms with Crippen molar-refractivity contribution in [3.63, 3.8) is 0 Å². The maximum atomic E-state index is 13.4. The Morgan fingerprint density at radius 1 is 1.05 bits per heavy atom. The molecule has 0 unspecified atom stereocenters. The third-order valence-corrected chi connectivity index (χ3v) is 7.81. The first-order valence-electron chi connectivity index (χ1n) is 13.0. The Morgan fingerprint density at radius 2 is 1.66 bits per heavy atom. The monoisotopic (exact) mass is 601 g/mol. The maximum Gasteiger partial charge on any atom is 0.490 e. The standard InChI is InChI=1S/C25H37N5O3S.C2HF3O2/c1-6-29(16-15-28(4)5)25(31)21-9-10-23(30-13-11-26-12-14-30)22(18-21)27-34(32,33)24-17-19(2)7-8-20(24)3;3-2(4,5)1(6)7/h7-10,17-18,26-27H,6,11-16H2,1-5H3;(H,6,7). The number of piperazine rings is 1. The third kappa shape index (κ3) is 9.90. The number of hydrogen-bond acceptors (Lipinski definition) is 7. The molecule has 3 rings (SSSR count). The lowest BCUT2D eigenvalue weighted by atomic mass is 10.1. The Morgan fingerprint density at radius 3 is 2.20 bits per heavy atom. The number of likely N-dealkylation sites (N-methyl/N-ethyl adjacent to an activating group) is 2. The average Bonchev–Trinajstić information content (AvgIpc) is 2.90. The van der Waals surface area contributed by atoms with Gasteiger partial charge in [0.2, 0.25) is 0 Å². The molecule has 0 spiro atoms. The van der Waals surface area contributed by atoms with Crippen LogP contribution in [-0.2, 0) is 14.8 Å². The lowest BCUT2D eigenvalue weighted by Gasteiger charge is -2.31. The molecule has 1 saturated heterocycles. The van der Waals surface area contributed by atoms with Gasteiger partial charge >= 0.3 is 12.1 Å². The highest BCUT2D eigenvalue weighted by Gasteiger charge is 2.38. The lowest BCUT2D eigenvalue weighted by molar-refractivity contribution is -0.192. The van der Waals surface area contributed by atoms with Crippen LogP contribution in [-0.4, -0.2) is 101 Å². The largest absolute Gasteiger partial charge is 0.490 e. The van der Waals surface area contributed by atoms with Crippen LogP contribution in [0.25, 0.3) is 0 Å². The third-order valence-electron chi connectivity index (χ3n) is 6.31. The maximum absolute atomic E-state index is 13.4. The number of hydrogen-bond donors (Lipinski definition) is 3. The number of alkyl halides is 3. The van der Waals surface area contributed by atoms with Crippen molar-refractivity contribution in [3.8, 4) is 0 Å². The van der Waals surface area contributed by atoms with Gasteiger partial charge in [-0.15, -0.1) is 0 Å². The predicted octanol–water partition coefficient (Wildman–Crippen LogP) is 3.17. The van der Waals surface area contributed by atoms with E-state index in [1.807, 2.05) is 51.0 Å². The van der Waals surface area contributed by atoms with Crippen molar-refractivity contribution in [2.75, 3.05) is 69.5 Å². The molecule has 3 N–H and O–H groups in total. The fourth-order valence-corrected chi connectivity index (χ4v) is 5.43. The molecule has 0 saturated carbocycles. The summed E-state index contributed by atoms with van der Waals surface area (Å²) in [7, 11) is 0.105. The Hall–Kier alpha value is -3.36. The van der Waals surface area contributed by atoms with E-state index in [-0.39, 0.29) is 10.8 Å². The molecular weight excluding hydrogens is 563 g/mol. The van der Waals surface area contributed by atoms with E-state index in [1.54, 1.807) is 30.0 Å². The first-order chi connectivity index (χ1) is 19.1. The van der Waals surface area contributed by atoms with Crippen molar-refractivity contribution in [1.29, 1.82) is 0 Å². The van der Waals surface area contributed by atoms with Crippen LogP contribution in [0, 0.1) is 13.8 Å². The number of carboxylic acid groups (broad SMARTS) is 1. The molecule has 1 aliphatic rings. The molecule has 0 bridgehead atoms. The summed E-state index contributed by atoms with van der Waals surface area (Å²) in [4.78, 5) is 28.4. The fourth-order valence-electron chi connectivity index (χ4n) is 4.04. The second-order valence-corrected chi connectivity index (χ2v) is 11.5. The van der Waals surface area contributed by atoms with Gasteiger partial charge in [0, 0.05) is 51.4 Å². The molecule has 41 heavy (non-hydrogen) atoms. The zero-order chi connectivity index (χ0) is 31.0. The van der Waals surface area contributed by atoms with Gasteiger partial charge in [0.1, 0.15) is 0 Å². The van der Waals surface area contributed by atoms with Crippen molar-refractivity contribution < 1.29 is 36.3 Å². The topological polar surface area (TPSA) is 122 Å². The number of nitrogens with zero attached hydrogens (tertiary/aromatic N) is 3. The molecule has 10 nitrogen and oxygen atoms in total. The summed E-state index contributed by atoms with van der Waals surface area (Å²) in [6, 6.07) is 10.7. The summed E-state index contributed by atoms with van der Waals surface area (Å²) in [6.45, 7) is 10.7. The summed E-state index contributed by atoms with van der Waals surface area (Å²) in [5, 5.41) is 10.4. The summed E-state index contributed by atoms with van der Waals surface area (Å²) in [6.07, 6.45) is -5.08. The van der Waals surface area contributed by atoms with Crippen molar-refractivity contribution in [1.82, 2.24) is 15.1 Å². The van der Waals surface area contributed by atoms with Gasteiger partial charge < -0.3 is 25.1 Å². The molecule has 1 amide bonds. The first-order valence-corrected chi connectivity index (χ1v) is 14.5. The highest BCUT2D eigenvalue weighted by molar-refractivity contribution is 7.92. The zero-order valence-electron chi connectivity index (χ0n) is 23.9. The summed E-state index contributed by atoms with van der Waals surface area (Å²) >= 11 is 0. The number of anilines is 2. The number of carboxylic acids is 1. The second-order valence-electron chi connectivity index (χ2n) is 9.83. The second kappa shape index (κ2) is 14.5. The van der Waals surface area contributed by atoms with E-state index in [0.717, 1.165) is 44.0 Å². The molecule has 0 atom stereocenters. The van der Waals surface area contributed by atoms with Crippen LogP contribution in [0.5, 0.6) is 0 Å². The van der Waals surface area contributed by atoms with Gasteiger partial charge in [-0.2, -0.15) is 13.2 Å². The van der Waals surface area contributed by atoms with Crippen LogP contribution in [0.1, 0.15) is 28.4 Å². The summed E-state index contributed by atoms with van der Waals surface area (Å²) < 4.78 is 61.4. The molecule has 1 heterocycles. The number of sulfonamides is 1. The molecule has 0 radical (unpaired) electrons. The number of carbonyl (C=O) groups excluding carboxylic acids is 1. The van der Waals surface area contributed by atoms with E-state index in [2.05, 4.69) is 14.9 Å². The number of benzene rings is 2. The van der Waals surface area contributed by atoms with E-state index >= 15 is 0 Å². The average molecular weight is 602 g/mol. The molecular formula is C27H38F3N5O5S. The normalized spacial score (nSPS) is 13.8. The molecule has 0 aromatic heterocycles. The smallest absolute Gasteiger partial charge is 0.475 e. The van der Waals surface area contributed by atoms with Crippen molar-refractivity contribution in [2.24, 2.45) is 0 Å². The Balaban J connectivity index is 0.000000745. The van der Waals surface area contributed by atoms with E-state index in [4.69, 9.17) is 9.90 Å². The van der Waals surface area contributed by atoms with Crippen molar-refractivity contribution in [3.05, 3.63) is 53.1 Å². The van der Waals surface area contributed by atoms with Gasteiger partial charge in [-0.25, -0.2) is 13.2 Å². The Labute approximate surface area is 239 Å². The van der Waals surface area contributed by atoms with Crippen LogP contribution in [0.15, 0.2) is 41.3 Å². The van der Waals surface area contributed by atoms with Gasteiger partial charge in [0.05, 0.1) is 16.3 Å². The molecule has 0 aliphatic carbocycles. The fraction of sp³-hybridized carbons (Fsp3) is 0.481. The lowest BCUT2D eigenvalue weighted by Crippen LogP contribution is -2.44. The molecule has 2 aromatic carbocycles. The molecule has 14 heteroatoms. The number of carbonyl (C=O) groups is 2. The predicted molar refractivity (Wildman–Crippen MR) is 152 cm³/mol. The number of amides is 1. The number of aliphatic carboxylic acids is 1. The Bertz CT molecular complexity index is 1310. The molecule has 1 fully saturated rings. The van der Waals surface area contributed by atoms with Crippen LogP contribution >= 0.6 is 0 Å². The highest BCUT2D eigenvalue weighted by atomic mass is 32.2. The van der Waals surface area contributed by atoms with E-state index in [9.17, 15) is 26.4 Å². The van der Waals surface area contributed by atoms with Crippen molar-refractivity contribution in [2.45, 2.75) is 31.8 Å². The number of aryl methyl sites for hydroxylation is 2. The summed E-state index contributed by atoms with van der Waals surface area (Å²) in [5.41, 5.74) is 3.23. The van der Waals surface area contributed by atoms with Crippen LogP contribution in [0.2, 0.25) is 0 Å². The zero-order valence-corrected chi connectivity index (χ0v) is 24.7. The van der Waals surface area contributed by atoms with Gasteiger partial charge in [-0.05, 0) is 70.3 Å². The minimum absolute atomic E-state index is 0.108. The van der Waals surface area contributed by atoms with Gasteiger partial charge in [0.15, 0.2) is 0 Å². The van der Waals surface area contributed by atoms with E-state index < -0.39 is 22.2 Å². The number of nitrogens with one attached hydrogen (secondary N) is 2. The van der Waals surface area contributed by atoms with E-state index in [1.165, 1.54) is 0 Å². The van der Waals surface area contributed by atoms with Crippen LogP contribution < -0.4 is 14.9 Å². The highest BCUT2D eigenvalue weighted by Crippen LogP contribution is 2.31. The van der Waals surface area contributed by atoms with Gasteiger partial charge in [-0.1, -0.05) is 12.1 Å². The summed E-state index contributed by atoms with van der Waals surface area (Å²) in [5.74, 6) is -2.86. The van der Waals surface area contributed by atoms with Gasteiger partial charge in [-0.3, -0.25) is 9.52 Å². The van der Waals surface area contributed by atoms with Gasteiger partial charge in [0.25, 0.3) is 15.9 Å². The minimum atomic E-state index is -5.08.